The lowest BCUT2D eigenvalue weighted by atomic mass is 10.2. The molecule has 22 heavy (non-hydrogen) atoms. The molecule has 0 bridgehead atoms. The first-order valence-corrected chi connectivity index (χ1v) is 7.68. The Morgan fingerprint density at radius 1 is 1.32 bits per heavy atom. The van der Waals surface area contributed by atoms with E-state index < -0.39 is 0 Å². The summed E-state index contributed by atoms with van der Waals surface area (Å²) in [5.41, 5.74) is 2.75. The molecule has 1 amide bonds. The predicted octanol–water partition coefficient (Wildman–Crippen LogP) is 3.11. The molecule has 1 aromatic carbocycles. The van der Waals surface area contributed by atoms with E-state index >= 15 is 0 Å². The molecule has 3 aromatic rings. The molecule has 2 heterocycles. The van der Waals surface area contributed by atoms with Gasteiger partial charge in [-0.2, -0.15) is 0 Å². The molecule has 3 rings (SSSR count). The van der Waals surface area contributed by atoms with Gasteiger partial charge in [0.1, 0.15) is 0 Å². The van der Waals surface area contributed by atoms with Crippen molar-refractivity contribution in [1.29, 1.82) is 0 Å². The van der Waals surface area contributed by atoms with Gasteiger partial charge in [-0.1, -0.05) is 0 Å². The number of carbonyl (C=O) groups is 1. The Bertz CT molecular complexity index is 814. The first-order chi connectivity index (χ1) is 10.6. The molecule has 0 saturated carbocycles. The molecule has 0 aliphatic heterocycles. The van der Waals surface area contributed by atoms with Crippen LogP contribution in [-0.4, -0.2) is 29.4 Å². The van der Waals surface area contributed by atoms with Crippen LogP contribution >= 0.6 is 11.3 Å². The van der Waals surface area contributed by atoms with Crippen LogP contribution in [-0.2, 0) is 4.79 Å². The quantitative estimate of drug-likeness (QED) is 0.753. The number of fused-ring (bicyclic) bond motifs is 1. The molecule has 5 nitrogen and oxygen atoms in total. The average Bonchev–Trinajstić information content (AvgIpc) is 3.09. The van der Waals surface area contributed by atoms with E-state index in [4.69, 9.17) is 0 Å². The number of carbonyl (C=O) groups excluding carboxylic acids is 1. The van der Waals surface area contributed by atoms with Crippen molar-refractivity contribution in [2.45, 2.75) is 0 Å². The molecule has 2 aromatic heterocycles. The lowest BCUT2D eigenvalue weighted by molar-refractivity contribution is -0.111. The van der Waals surface area contributed by atoms with E-state index in [9.17, 15) is 4.79 Å². The number of benzene rings is 1. The van der Waals surface area contributed by atoms with Crippen LogP contribution in [0.4, 0.5) is 11.4 Å². The topological polar surface area (TPSA) is 49.6 Å². The molecule has 0 aliphatic carbocycles. The molecule has 112 valence electrons. The van der Waals surface area contributed by atoms with Gasteiger partial charge in [-0.3, -0.25) is 9.20 Å². The zero-order valence-corrected chi connectivity index (χ0v) is 13.2. The zero-order chi connectivity index (χ0) is 15.5. The molecule has 0 atom stereocenters. The summed E-state index contributed by atoms with van der Waals surface area (Å²) < 4.78 is 1.94. The van der Waals surface area contributed by atoms with Crippen molar-refractivity contribution in [3.63, 3.8) is 0 Å². The highest BCUT2D eigenvalue weighted by molar-refractivity contribution is 7.15. The molecule has 0 saturated heterocycles. The molecule has 0 spiro atoms. The first-order valence-electron chi connectivity index (χ1n) is 6.80. The fourth-order valence-corrected chi connectivity index (χ4v) is 2.75. The van der Waals surface area contributed by atoms with Crippen LogP contribution in [0, 0.1) is 0 Å². The van der Waals surface area contributed by atoms with E-state index in [1.165, 1.54) is 6.08 Å². The van der Waals surface area contributed by atoms with Gasteiger partial charge in [0.25, 0.3) is 0 Å². The fraction of sp³-hybridized carbons (Fsp3) is 0.125. The standard InChI is InChI=1S/C16H16N4OS/c1-19(2)13-5-3-12(4-6-13)18-15(21)8-7-14-11-17-16-20(14)9-10-22-16/h3-11H,1-2H3,(H,18,21)/b8-7+. The summed E-state index contributed by atoms with van der Waals surface area (Å²) in [5, 5.41) is 4.81. The fourth-order valence-electron chi connectivity index (χ4n) is 2.06. The van der Waals surface area contributed by atoms with Crippen molar-refractivity contribution in [2.75, 3.05) is 24.3 Å². The minimum Gasteiger partial charge on any atom is -0.378 e. The second-order valence-corrected chi connectivity index (χ2v) is 5.88. The Labute approximate surface area is 132 Å². The third-order valence-corrected chi connectivity index (χ3v) is 4.00. The van der Waals surface area contributed by atoms with Crippen molar-refractivity contribution < 1.29 is 4.79 Å². The van der Waals surface area contributed by atoms with Crippen LogP contribution in [0.3, 0.4) is 0 Å². The monoisotopic (exact) mass is 312 g/mol. The number of anilines is 2. The molecule has 0 aliphatic rings. The van der Waals surface area contributed by atoms with Gasteiger partial charge in [-0.05, 0) is 30.3 Å². The number of nitrogens with one attached hydrogen (secondary N) is 1. The van der Waals surface area contributed by atoms with Gasteiger partial charge >= 0.3 is 0 Å². The van der Waals surface area contributed by atoms with E-state index in [1.54, 1.807) is 23.6 Å². The van der Waals surface area contributed by atoms with Crippen LogP contribution in [0.5, 0.6) is 0 Å². The summed E-state index contributed by atoms with van der Waals surface area (Å²) in [5.74, 6) is -0.164. The van der Waals surface area contributed by atoms with Gasteiger partial charge in [-0.25, -0.2) is 4.98 Å². The molecule has 6 heteroatoms. The normalized spacial score (nSPS) is 11.2. The van der Waals surface area contributed by atoms with E-state index in [0.29, 0.717) is 0 Å². The van der Waals surface area contributed by atoms with Gasteiger partial charge in [0.2, 0.25) is 5.91 Å². The molecule has 0 fully saturated rings. The van der Waals surface area contributed by atoms with Crippen molar-refractivity contribution >= 4 is 39.7 Å². The van der Waals surface area contributed by atoms with Gasteiger partial charge in [0.05, 0.1) is 11.9 Å². The lowest BCUT2D eigenvalue weighted by Crippen LogP contribution is -2.10. The Morgan fingerprint density at radius 2 is 2.09 bits per heavy atom. The maximum atomic E-state index is 12.0. The van der Waals surface area contributed by atoms with E-state index in [0.717, 1.165) is 22.0 Å². The summed E-state index contributed by atoms with van der Waals surface area (Å²) in [6.07, 6.45) is 6.96. The van der Waals surface area contributed by atoms with Gasteiger partial charge < -0.3 is 10.2 Å². The van der Waals surface area contributed by atoms with Gasteiger partial charge in [0.15, 0.2) is 4.96 Å². The minimum atomic E-state index is -0.164. The molecular formula is C16H16N4OS. The summed E-state index contributed by atoms with van der Waals surface area (Å²) in [4.78, 5) is 19.2. The summed E-state index contributed by atoms with van der Waals surface area (Å²) >= 11 is 1.56. The number of thiazole rings is 1. The zero-order valence-electron chi connectivity index (χ0n) is 12.4. The number of imidazole rings is 1. The lowest BCUT2D eigenvalue weighted by Gasteiger charge is -2.12. The van der Waals surface area contributed by atoms with Crippen LogP contribution in [0.1, 0.15) is 5.69 Å². The largest absolute Gasteiger partial charge is 0.378 e. The summed E-state index contributed by atoms with van der Waals surface area (Å²) in [7, 11) is 3.96. The van der Waals surface area contributed by atoms with Crippen LogP contribution in [0.15, 0.2) is 48.1 Å². The number of aromatic nitrogens is 2. The second-order valence-electron chi connectivity index (χ2n) is 5.00. The van der Waals surface area contributed by atoms with Gasteiger partial charge in [-0.15, -0.1) is 11.3 Å². The molecule has 1 N–H and O–H groups in total. The Hall–Kier alpha value is -2.60. The number of rotatable bonds is 4. The number of amides is 1. The predicted molar refractivity (Wildman–Crippen MR) is 91.5 cm³/mol. The maximum Gasteiger partial charge on any atom is 0.248 e. The van der Waals surface area contributed by atoms with E-state index in [2.05, 4.69) is 10.3 Å². The third-order valence-electron chi connectivity index (χ3n) is 3.23. The average molecular weight is 312 g/mol. The SMILES string of the molecule is CN(C)c1ccc(NC(=O)/C=C/c2cnc3sccn23)cc1. The smallest absolute Gasteiger partial charge is 0.248 e. The third kappa shape index (κ3) is 3.01. The first kappa shape index (κ1) is 14.3. The summed E-state index contributed by atoms with van der Waals surface area (Å²) in [6, 6.07) is 7.70. The number of nitrogens with zero attached hydrogens (tertiary/aromatic N) is 3. The Balaban J connectivity index is 1.67. The van der Waals surface area contributed by atoms with Gasteiger partial charge in [0, 0.05) is 43.1 Å². The van der Waals surface area contributed by atoms with Crippen LogP contribution < -0.4 is 10.2 Å². The highest BCUT2D eigenvalue weighted by Gasteiger charge is 2.02. The van der Waals surface area contributed by atoms with Crippen molar-refractivity contribution in [3.05, 3.63) is 53.8 Å². The molecule has 0 unspecified atom stereocenters. The Morgan fingerprint density at radius 3 is 2.82 bits per heavy atom. The Kier molecular flexibility index (Phi) is 3.93. The van der Waals surface area contributed by atoms with Crippen LogP contribution in [0.25, 0.3) is 11.0 Å². The highest BCUT2D eigenvalue weighted by atomic mass is 32.1. The maximum absolute atomic E-state index is 12.0. The molecule has 0 radical (unpaired) electrons. The van der Waals surface area contributed by atoms with E-state index in [-0.39, 0.29) is 5.91 Å². The van der Waals surface area contributed by atoms with Crippen molar-refractivity contribution in [2.24, 2.45) is 0 Å². The number of hydrogen-bond donors (Lipinski definition) is 1. The van der Waals surface area contributed by atoms with Crippen LogP contribution in [0.2, 0.25) is 0 Å². The van der Waals surface area contributed by atoms with Crippen molar-refractivity contribution in [1.82, 2.24) is 9.38 Å². The van der Waals surface area contributed by atoms with E-state index in [1.807, 2.05) is 59.2 Å². The second kappa shape index (κ2) is 6.03. The van der Waals surface area contributed by atoms with Crippen molar-refractivity contribution in [3.8, 4) is 0 Å². The summed E-state index contributed by atoms with van der Waals surface area (Å²) in [6.45, 7) is 0. The highest BCUT2D eigenvalue weighted by Crippen LogP contribution is 2.16. The number of hydrogen-bond acceptors (Lipinski definition) is 4. The minimum absolute atomic E-state index is 0.164. The molecular weight excluding hydrogens is 296 g/mol.